The lowest BCUT2D eigenvalue weighted by Crippen LogP contribution is -2.15. The van der Waals surface area contributed by atoms with Gasteiger partial charge in [0.1, 0.15) is 0 Å². The van der Waals surface area contributed by atoms with Crippen LogP contribution in [0.15, 0.2) is 60.0 Å². The van der Waals surface area contributed by atoms with Crippen molar-refractivity contribution in [3.63, 3.8) is 0 Å². The molecule has 26 heavy (non-hydrogen) atoms. The van der Waals surface area contributed by atoms with Gasteiger partial charge in [-0.05, 0) is 37.1 Å². The van der Waals surface area contributed by atoms with Gasteiger partial charge >= 0.3 is 0 Å². The summed E-state index contributed by atoms with van der Waals surface area (Å²) in [6.45, 7) is 4.65. The lowest BCUT2D eigenvalue weighted by molar-refractivity contribution is -0.113. The molecule has 0 saturated heterocycles. The number of hydrogen-bond donors (Lipinski definition) is 1. The minimum absolute atomic E-state index is 0.0470. The Morgan fingerprint density at radius 1 is 1.23 bits per heavy atom. The van der Waals surface area contributed by atoms with Crippen LogP contribution >= 0.6 is 23.4 Å². The molecular formula is C20H20ClN3OS. The number of carbonyl (C=O) groups is 1. The zero-order chi connectivity index (χ0) is 18.5. The minimum Gasteiger partial charge on any atom is -0.325 e. The van der Waals surface area contributed by atoms with Crippen LogP contribution in [0.2, 0.25) is 5.02 Å². The standard InChI is InChI=1S/C20H20ClN3OS/c1-14-7-8-18(15(2)11-14)23-19(25)13-26-20-22-9-10-24(20)12-16-5-3-4-6-17(16)21/h3-11H,12-13H2,1-2H3,(H,23,25). The maximum Gasteiger partial charge on any atom is 0.234 e. The van der Waals surface area contributed by atoms with E-state index in [0.717, 1.165) is 27.0 Å². The number of benzene rings is 2. The Bertz CT molecular complexity index is 923. The second-order valence-electron chi connectivity index (χ2n) is 6.08. The van der Waals surface area contributed by atoms with Crippen molar-refractivity contribution in [3.8, 4) is 0 Å². The number of aryl methyl sites for hydroxylation is 2. The van der Waals surface area contributed by atoms with Crippen LogP contribution in [0.5, 0.6) is 0 Å². The SMILES string of the molecule is Cc1ccc(NC(=O)CSc2nccn2Cc2ccccc2Cl)c(C)c1. The van der Waals surface area contributed by atoms with Crippen molar-refractivity contribution < 1.29 is 4.79 Å². The zero-order valence-electron chi connectivity index (χ0n) is 14.7. The third kappa shape index (κ3) is 4.68. The van der Waals surface area contributed by atoms with E-state index in [4.69, 9.17) is 11.6 Å². The highest BCUT2D eigenvalue weighted by Gasteiger charge is 2.10. The summed E-state index contributed by atoms with van der Waals surface area (Å²) in [5.41, 5.74) is 4.11. The first-order chi connectivity index (χ1) is 12.5. The number of halogens is 1. The molecule has 0 atom stereocenters. The summed E-state index contributed by atoms with van der Waals surface area (Å²) in [5, 5.41) is 4.48. The predicted molar refractivity (Wildman–Crippen MR) is 108 cm³/mol. The summed E-state index contributed by atoms with van der Waals surface area (Å²) >= 11 is 7.64. The van der Waals surface area contributed by atoms with Gasteiger partial charge in [-0.15, -0.1) is 0 Å². The molecule has 0 unspecified atom stereocenters. The summed E-state index contributed by atoms with van der Waals surface area (Å²) in [4.78, 5) is 16.6. The van der Waals surface area contributed by atoms with E-state index in [-0.39, 0.29) is 5.91 Å². The second-order valence-corrected chi connectivity index (χ2v) is 7.43. The van der Waals surface area contributed by atoms with Gasteiger partial charge in [0.2, 0.25) is 5.91 Å². The molecule has 1 N–H and O–H groups in total. The van der Waals surface area contributed by atoms with Gasteiger partial charge in [-0.25, -0.2) is 4.98 Å². The van der Waals surface area contributed by atoms with Gasteiger partial charge < -0.3 is 9.88 Å². The molecule has 3 aromatic rings. The van der Waals surface area contributed by atoms with Gasteiger partial charge in [0.25, 0.3) is 0 Å². The van der Waals surface area contributed by atoms with Gasteiger partial charge in [0.15, 0.2) is 5.16 Å². The Labute approximate surface area is 162 Å². The van der Waals surface area contributed by atoms with E-state index in [0.29, 0.717) is 12.3 Å². The molecule has 0 saturated carbocycles. The molecule has 6 heteroatoms. The number of rotatable bonds is 6. The molecule has 0 spiro atoms. The number of carbonyl (C=O) groups excluding carboxylic acids is 1. The number of hydrogen-bond acceptors (Lipinski definition) is 3. The van der Waals surface area contributed by atoms with Crippen LogP contribution in [-0.4, -0.2) is 21.2 Å². The van der Waals surface area contributed by atoms with Crippen LogP contribution in [-0.2, 0) is 11.3 Å². The summed E-state index contributed by atoms with van der Waals surface area (Å²) in [7, 11) is 0. The summed E-state index contributed by atoms with van der Waals surface area (Å²) < 4.78 is 2.00. The van der Waals surface area contributed by atoms with Crippen LogP contribution in [0.4, 0.5) is 5.69 Å². The summed E-state index contributed by atoms with van der Waals surface area (Å²) in [6.07, 6.45) is 3.63. The van der Waals surface area contributed by atoms with Gasteiger partial charge in [0.05, 0.1) is 12.3 Å². The fourth-order valence-corrected chi connectivity index (χ4v) is 3.59. The van der Waals surface area contributed by atoms with Crippen molar-refractivity contribution in [3.05, 3.63) is 76.6 Å². The lowest BCUT2D eigenvalue weighted by atomic mass is 10.1. The van der Waals surface area contributed by atoms with Crippen molar-refractivity contribution in [2.75, 3.05) is 11.1 Å². The third-order valence-electron chi connectivity index (χ3n) is 3.96. The Morgan fingerprint density at radius 3 is 2.81 bits per heavy atom. The largest absolute Gasteiger partial charge is 0.325 e. The number of anilines is 1. The molecule has 0 radical (unpaired) electrons. The zero-order valence-corrected chi connectivity index (χ0v) is 16.3. The Hall–Kier alpha value is -2.24. The Kier molecular flexibility index (Phi) is 6.01. The van der Waals surface area contributed by atoms with Crippen molar-refractivity contribution >= 4 is 35.0 Å². The van der Waals surface area contributed by atoms with E-state index in [1.54, 1.807) is 6.20 Å². The van der Waals surface area contributed by atoms with Crippen molar-refractivity contribution in [2.45, 2.75) is 25.5 Å². The maximum absolute atomic E-state index is 12.3. The van der Waals surface area contributed by atoms with Crippen LogP contribution in [0.25, 0.3) is 0 Å². The van der Waals surface area contributed by atoms with E-state index < -0.39 is 0 Å². The molecule has 0 fully saturated rings. The number of imidazole rings is 1. The Balaban J connectivity index is 1.61. The molecule has 0 aliphatic heterocycles. The number of thioether (sulfide) groups is 1. The third-order valence-corrected chi connectivity index (χ3v) is 5.34. The Morgan fingerprint density at radius 2 is 2.04 bits per heavy atom. The maximum atomic E-state index is 12.3. The van der Waals surface area contributed by atoms with E-state index >= 15 is 0 Å². The smallest absolute Gasteiger partial charge is 0.234 e. The average molecular weight is 386 g/mol. The molecule has 0 aliphatic carbocycles. The molecule has 1 aromatic heterocycles. The normalized spacial score (nSPS) is 10.7. The molecule has 4 nitrogen and oxygen atoms in total. The highest BCUT2D eigenvalue weighted by Crippen LogP contribution is 2.22. The van der Waals surface area contributed by atoms with Crippen molar-refractivity contribution in [1.29, 1.82) is 0 Å². The molecule has 0 bridgehead atoms. The molecule has 0 aliphatic rings. The van der Waals surface area contributed by atoms with Crippen LogP contribution in [0, 0.1) is 13.8 Å². The van der Waals surface area contributed by atoms with Crippen molar-refractivity contribution in [1.82, 2.24) is 9.55 Å². The van der Waals surface area contributed by atoms with Crippen molar-refractivity contribution in [2.24, 2.45) is 0 Å². The van der Waals surface area contributed by atoms with Gasteiger partial charge in [-0.1, -0.05) is 59.3 Å². The molecule has 1 heterocycles. The topological polar surface area (TPSA) is 46.9 Å². The average Bonchev–Trinajstić information content (AvgIpc) is 3.05. The first-order valence-electron chi connectivity index (χ1n) is 8.27. The van der Waals surface area contributed by atoms with Crippen LogP contribution < -0.4 is 5.32 Å². The number of aromatic nitrogens is 2. The number of amides is 1. The predicted octanol–water partition coefficient (Wildman–Crippen LogP) is 4.93. The van der Waals surface area contributed by atoms with Gasteiger partial charge in [0, 0.05) is 23.1 Å². The van der Waals surface area contributed by atoms with Gasteiger partial charge in [-0.2, -0.15) is 0 Å². The quantitative estimate of drug-likeness (QED) is 0.612. The fourth-order valence-electron chi connectivity index (χ4n) is 2.64. The first kappa shape index (κ1) is 18.5. The summed E-state index contributed by atoms with van der Waals surface area (Å²) in [6, 6.07) is 13.7. The monoisotopic (exact) mass is 385 g/mol. The van der Waals surface area contributed by atoms with E-state index in [1.807, 2.05) is 61.0 Å². The number of nitrogens with one attached hydrogen (secondary N) is 1. The lowest BCUT2D eigenvalue weighted by Gasteiger charge is -2.10. The second kappa shape index (κ2) is 8.43. The number of nitrogens with zero attached hydrogens (tertiary/aromatic N) is 2. The van der Waals surface area contributed by atoms with Gasteiger partial charge in [-0.3, -0.25) is 4.79 Å². The highest BCUT2D eigenvalue weighted by molar-refractivity contribution is 7.99. The van der Waals surface area contributed by atoms with E-state index in [2.05, 4.69) is 16.4 Å². The fraction of sp³-hybridized carbons (Fsp3) is 0.200. The van der Waals surface area contributed by atoms with E-state index in [1.165, 1.54) is 17.3 Å². The van der Waals surface area contributed by atoms with Crippen LogP contribution in [0.1, 0.15) is 16.7 Å². The summed E-state index contributed by atoms with van der Waals surface area (Å²) in [5.74, 6) is 0.251. The molecule has 1 amide bonds. The minimum atomic E-state index is -0.0470. The molecule has 134 valence electrons. The molecular weight excluding hydrogens is 366 g/mol. The highest BCUT2D eigenvalue weighted by atomic mass is 35.5. The first-order valence-corrected chi connectivity index (χ1v) is 9.64. The molecule has 3 rings (SSSR count). The molecule has 2 aromatic carbocycles. The van der Waals surface area contributed by atoms with E-state index in [9.17, 15) is 4.79 Å². The van der Waals surface area contributed by atoms with Crippen LogP contribution in [0.3, 0.4) is 0 Å².